The number of carbonyl (C=O) groups excluding carboxylic acids is 1. The lowest BCUT2D eigenvalue weighted by molar-refractivity contribution is -0.134. The third-order valence-electron chi connectivity index (χ3n) is 4.67. The fraction of sp³-hybridized carbons (Fsp3) is 0.929. The number of sulfonamides is 1. The zero-order valence-corrected chi connectivity index (χ0v) is 15.3. The van der Waals surface area contributed by atoms with Gasteiger partial charge >= 0.3 is 0 Å². The predicted molar refractivity (Wildman–Crippen MR) is 89.2 cm³/mol. The van der Waals surface area contributed by atoms with Gasteiger partial charge in [-0.05, 0) is 30.1 Å². The van der Waals surface area contributed by atoms with Crippen LogP contribution in [0.2, 0.25) is 0 Å². The van der Waals surface area contributed by atoms with Gasteiger partial charge in [-0.25, -0.2) is 13.1 Å². The van der Waals surface area contributed by atoms with Crippen molar-refractivity contribution in [3.05, 3.63) is 0 Å². The van der Waals surface area contributed by atoms with Crippen LogP contribution in [0.25, 0.3) is 0 Å². The summed E-state index contributed by atoms with van der Waals surface area (Å²) in [5.74, 6) is 0.713. The average Bonchev–Trinajstić information content (AvgIpc) is 2.86. The molecule has 130 valence electrons. The van der Waals surface area contributed by atoms with Crippen molar-refractivity contribution in [1.82, 2.24) is 9.62 Å². The van der Waals surface area contributed by atoms with Gasteiger partial charge in [-0.1, -0.05) is 20.8 Å². The summed E-state index contributed by atoms with van der Waals surface area (Å²) >= 11 is 0. The Morgan fingerprint density at radius 3 is 2.32 bits per heavy atom. The van der Waals surface area contributed by atoms with Crippen molar-refractivity contribution >= 4 is 28.3 Å². The number of hydrogen-bond acceptors (Lipinski definition) is 4. The summed E-state index contributed by atoms with van der Waals surface area (Å²) < 4.78 is 25.6. The Balaban J connectivity index is 0.00000242. The van der Waals surface area contributed by atoms with Gasteiger partial charge in [-0.15, -0.1) is 12.4 Å². The molecular formula is C14H28ClN3O3S. The molecule has 0 aromatic rings. The fourth-order valence-corrected chi connectivity index (χ4v) is 4.36. The van der Waals surface area contributed by atoms with E-state index < -0.39 is 21.5 Å². The van der Waals surface area contributed by atoms with Crippen LogP contribution in [0.5, 0.6) is 0 Å². The lowest BCUT2D eigenvalue weighted by Crippen LogP contribution is -2.54. The SMILES string of the molecule is CC(C)(C)C(NS(C)(=O)=O)C(=O)N1CC2CCC(N)C2C1.Cl. The van der Waals surface area contributed by atoms with Crippen molar-refractivity contribution < 1.29 is 13.2 Å². The van der Waals surface area contributed by atoms with Gasteiger partial charge in [0.2, 0.25) is 15.9 Å². The zero-order chi connectivity index (χ0) is 16.0. The van der Waals surface area contributed by atoms with Crippen molar-refractivity contribution in [2.24, 2.45) is 23.0 Å². The van der Waals surface area contributed by atoms with Crippen LogP contribution in [-0.4, -0.2) is 50.7 Å². The van der Waals surface area contributed by atoms with Crippen molar-refractivity contribution in [3.8, 4) is 0 Å². The Morgan fingerprint density at radius 1 is 1.27 bits per heavy atom. The molecule has 1 aliphatic heterocycles. The Morgan fingerprint density at radius 2 is 1.86 bits per heavy atom. The van der Waals surface area contributed by atoms with Crippen LogP contribution >= 0.6 is 12.4 Å². The minimum absolute atomic E-state index is 0. The van der Waals surface area contributed by atoms with Crippen LogP contribution < -0.4 is 10.5 Å². The van der Waals surface area contributed by atoms with Crippen LogP contribution in [0.1, 0.15) is 33.6 Å². The quantitative estimate of drug-likeness (QED) is 0.775. The Bertz CT molecular complexity index is 518. The van der Waals surface area contributed by atoms with Crippen molar-refractivity contribution in [3.63, 3.8) is 0 Å². The van der Waals surface area contributed by atoms with E-state index >= 15 is 0 Å². The molecule has 1 saturated carbocycles. The highest BCUT2D eigenvalue weighted by Gasteiger charge is 2.45. The molecule has 1 aliphatic carbocycles. The van der Waals surface area contributed by atoms with Gasteiger partial charge in [0.15, 0.2) is 0 Å². The van der Waals surface area contributed by atoms with Gasteiger partial charge < -0.3 is 10.6 Å². The summed E-state index contributed by atoms with van der Waals surface area (Å²) in [6.07, 6.45) is 3.19. The van der Waals surface area contributed by atoms with E-state index in [4.69, 9.17) is 5.73 Å². The summed E-state index contributed by atoms with van der Waals surface area (Å²) in [6.45, 7) is 6.97. The number of halogens is 1. The number of hydrogen-bond donors (Lipinski definition) is 2. The van der Waals surface area contributed by atoms with Crippen molar-refractivity contribution in [1.29, 1.82) is 0 Å². The van der Waals surface area contributed by atoms with Crippen molar-refractivity contribution in [2.45, 2.75) is 45.7 Å². The van der Waals surface area contributed by atoms with Gasteiger partial charge in [-0.2, -0.15) is 0 Å². The third-order valence-corrected chi connectivity index (χ3v) is 5.33. The maximum Gasteiger partial charge on any atom is 0.241 e. The Kier molecular flexibility index (Phi) is 5.93. The molecule has 8 heteroatoms. The molecule has 2 aliphatic rings. The van der Waals surface area contributed by atoms with Gasteiger partial charge in [0.1, 0.15) is 6.04 Å². The number of likely N-dealkylation sites (tertiary alicyclic amines) is 1. The van der Waals surface area contributed by atoms with Gasteiger partial charge in [0.25, 0.3) is 0 Å². The number of fused-ring (bicyclic) bond motifs is 1. The Hall–Kier alpha value is -0.370. The monoisotopic (exact) mass is 353 g/mol. The highest BCUT2D eigenvalue weighted by Crippen LogP contribution is 2.38. The minimum atomic E-state index is -3.43. The van der Waals surface area contributed by atoms with Gasteiger partial charge in [0, 0.05) is 19.1 Å². The highest BCUT2D eigenvalue weighted by molar-refractivity contribution is 7.88. The van der Waals surface area contributed by atoms with E-state index in [1.54, 1.807) is 4.90 Å². The van der Waals surface area contributed by atoms with Crippen LogP contribution in [0, 0.1) is 17.3 Å². The molecule has 2 fully saturated rings. The molecule has 6 nitrogen and oxygen atoms in total. The number of nitrogens with two attached hydrogens (primary N) is 1. The topological polar surface area (TPSA) is 92.5 Å². The molecule has 1 saturated heterocycles. The first kappa shape index (κ1) is 19.7. The van der Waals surface area contributed by atoms with Crippen LogP contribution in [0.15, 0.2) is 0 Å². The number of nitrogens with zero attached hydrogens (tertiary/aromatic N) is 1. The molecule has 0 radical (unpaired) electrons. The second-order valence-corrected chi connectivity index (χ2v) is 9.38. The highest BCUT2D eigenvalue weighted by atomic mass is 35.5. The van der Waals surface area contributed by atoms with Gasteiger partial charge in [0.05, 0.1) is 6.26 Å². The molecule has 0 spiro atoms. The smallest absolute Gasteiger partial charge is 0.241 e. The minimum Gasteiger partial charge on any atom is -0.341 e. The standard InChI is InChI=1S/C14H27N3O3S.ClH/c1-14(2,3)12(16-21(4,19)20)13(18)17-7-9-5-6-11(15)10(9)8-17;/h9-12,16H,5-8,15H2,1-4H3;1H. The molecule has 4 atom stereocenters. The van der Waals surface area contributed by atoms with Crippen LogP contribution in [0.4, 0.5) is 0 Å². The molecule has 22 heavy (non-hydrogen) atoms. The number of amides is 1. The normalized spacial score (nSPS) is 29.9. The second kappa shape index (κ2) is 6.63. The number of nitrogens with one attached hydrogen (secondary N) is 1. The number of carbonyl (C=O) groups is 1. The first-order valence-electron chi connectivity index (χ1n) is 7.50. The zero-order valence-electron chi connectivity index (χ0n) is 13.7. The maximum absolute atomic E-state index is 12.8. The summed E-state index contributed by atoms with van der Waals surface area (Å²) in [4.78, 5) is 14.6. The third kappa shape index (κ3) is 4.34. The molecule has 1 amide bonds. The van der Waals surface area contributed by atoms with Gasteiger partial charge in [-0.3, -0.25) is 4.79 Å². The average molecular weight is 354 g/mol. The molecule has 0 bridgehead atoms. The van der Waals surface area contributed by atoms with E-state index in [-0.39, 0.29) is 24.4 Å². The molecule has 0 aromatic carbocycles. The predicted octanol–water partition coefficient (Wildman–Crippen LogP) is 0.568. The van der Waals surface area contributed by atoms with Crippen LogP contribution in [0.3, 0.4) is 0 Å². The first-order chi connectivity index (χ1) is 9.49. The summed E-state index contributed by atoms with van der Waals surface area (Å²) in [6, 6.07) is -0.564. The van der Waals surface area contributed by atoms with Crippen molar-refractivity contribution in [2.75, 3.05) is 19.3 Å². The van der Waals surface area contributed by atoms with E-state index in [2.05, 4.69) is 4.72 Å². The second-order valence-electron chi connectivity index (χ2n) is 7.60. The molecule has 4 unspecified atom stereocenters. The van der Waals surface area contributed by atoms with E-state index in [1.165, 1.54) is 0 Å². The maximum atomic E-state index is 12.8. The largest absolute Gasteiger partial charge is 0.341 e. The summed E-state index contributed by atoms with van der Waals surface area (Å²) in [7, 11) is -3.43. The fourth-order valence-electron chi connectivity index (χ4n) is 3.48. The molecular weight excluding hydrogens is 326 g/mol. The van der Waals surface area contributed by atoms with E-state index in [0.717, 1.165) is 19.1 Å². The summed E-state index contributed by atoms with van der Waals surface area (Å²) in [5, 5.41) is 0. The van der Waals surface area contributed by atoms with E-state index in [9.17, 15) is 13.2 Å². The lowest BCUT2D eigenvalue weighted by Gasteiger charge is -2.33. The molecule has 1 heterocycles. The summed E-state index contributed by atoms with van der Waals surface area (Å²) in [5.41, 5.74) is 5.62. The lowest BCUT2D eigenvalue weighted by atomic mass is 9.86. The van der Waals surface area contributed by atoms with E-state index in [1.807, 2.05) is 20.8 Å². The number of rotatable bonds is 3. The van der Waals surface area contributed by atoms with E-state index in [0.29, 0.717) is 24.9 Å². The van der Waals surface area contributed by atoms with Crippen LogP contribution in [-0.2, 0) is 14.8 Å². The molecule has 2 rings (SSSR count). The Labute approximate surface area is 139 Å². The molecule has 0 aromatic heterocycles. The molecule has 3 N–H and O–H groups in total. The first-order valence-corrected chi connectivity index (χ1v) is 9.40.